The van der Waals surface area contributed by atoms with Gasteiger partial charge in [0.2, 0.25) is 15.9 Å². The lowest BCUT2D eigenvalue weighted by atomic mass is 9.84. The van der Waals surface area contributed by atoms with Crippen LogP contribution in [0.25, 0.3) is 0 Å². The fourth-order valence-electron chi connectivity index (χ4n) is 4.52. The van der Waals surface area contributed by atoms with Crippen LogP contribution in [-0.4, -0.2) is 25.8 Å². The summed E-state index contributed by atoms with van der Waals surface area (Å²) < 4.78 is 64.9. The van der Waals surface area contributed by atoms with E-state index >= 15 is 0 Å². The van der Waals surface area contributed by atoms with E-state index in [0.29, 0.717) is 0 Å². The zero-order valence-electron chi connectivity index (χ0n) is 13.6. The minimum Gasteiger partial charge on any atom is -0.274 e. The van der Waals surface area contributed by atoms with Crippen LogP contribution in [0.5, 0.6) is 0 Å². The largest absolute Gasteiger partial charge is 0.391 e. The highest BCUT2D eigenvalue weighted by Crippen LogP contribution is 2.61. The van der Waals surface area contributed by atoms with E-state index in [2.05, 4.69) is 4.72 Å². The Morgan fingerprint density at radius 3 is 2.12 bits per heavy atom. The van der Waals surface area contributed by atoms with Crippen LogP contribution in [-0.2, 0) is 14.8 Å². The van der Waals surface area contributed by atoms with Crippen LogP contribution >= 0.6 is 0 Å². The summed E-state index contributed by atoms with van der Waals surface area (Å²) in [5, 5.41) is -0.888. The molecule has 0 radical (unpaired) electrons. The molecule has 138 valence electrons. The third-order valence-corrected chi connectivity index (χ3v) is 8.01. The van der Waals surface area contributed by atoms with E-state index in [1.54, 1.807) is 0 Å². The number of hydrogen-bond acceptors (Lipinski definition) is 3. The van der Waals surface area contributed by atoms with E-state index in [9.17, 15) is 26.4 Å². The predicted octanol–water partition coefficient (Wildman–Crippen LogP) is 3.52. The molecule has 1 N–H and O–H groups in total. The van der Waals surface area contributed by atoms with Gasteiger partial charge < -0.3 is 0 Å². The summed E-state index contributed by atoms with van der Waals surface area (Å²) in [4.78, 5) is 12.3. The molecule has 0 bridgehead atoms. The highest BCUT2D eigenvalue weighted by atomic mass is 32.2. The van der Waals surface area contributed by atoms with Crippen molar-refractivity contribution in [1.29, 1.82) is 0 Å². The van der Waals surface area contributed by atoms with Gasteiger partial charge in [-0.3, -0.25) is 9.52 Å². The van der Waals surface area contributed by atoms with E-state index in [1.807, 2.05) is 0 Å². The molecule has 1 amide bonds. The Kier molecular flexibility index (Phi) is 4.64. The van der Waals surface area contributed by atoms with Gasteiger partial charge in [0.1, 0.15) is 0 Å². The summed E-state index contributed by atoms with van der Waals surface area (Å²) in [7, 11) is -3.88. The summed E-state index contributed by atoms with van der Waals surface area (Å²) >= 11 is 0. The number of sulfonamides is 1. The van der Waals surface area contributed by atoms with Crippen molar-refractivity contribution in [2.45, 2.75) is 75.6 Å². The SMILES string of the molecule is O=C(NS(=O)(=O)C1CCC(C(F)(F)F)CC1)C1CC12CCCCC2. The third kappa shape index (κ3) is 3.58. The number of halogens is 3. The van der Waals surface area contributed by atoms with E-state index in [0.717, 1.165) is 38.5 Å². The smallest absolute Gasteiger partial charge is 0.274 e. The van der Waals surface area contributed by atoms with Crippen molar-refractivity contribution in [3.8, 4) is 0 Å². The molecule has 1 unspecified atom stereocenters. The Morgan fingerprint density at radius 1 is 1.00 bits per heavy atom. The van der Waals surface area contributed by atoms with E-state index < -0.39 is 33.3 Å². The molecule has 1 atom stereocenters. The topological polar surface area (TPSA) is 63.2 Å². The first-order chi connectivity index (χ1) is 11.1. The number of carbonyl (C=O) groups is 1. The molecule has 0 saturated heterocycles. The Labute approximate surface area is 140 Å². The maximum atomic E-state index is 12.7. The van der Waals surface area contributed by atoms with Crippen LogP contribution < -0.4 is 4.72 Å². The fraction of sp³-hybridized carbons (Fsp3) is 0.938. The number of nitrogens with one attached hydrogen (secondary N) is 1. The van der Waals surface area contributed by atoms with Crippen molar-refractivity contribution in [3.63, 3.8) is 0 Å². The van der Waals surface area contributed by atoms with Crippen LogP contribution in [0.2, 0.25) is 0 Å². The molecule has 0 aliphatic heterocycles. The molecule has 0 aromatic carbocycles. The van der Waals surface area contributed by atoms with Crippen molar-refractivity contribution >= 4 is 15.9 Å². The maximum Gasteiger partial charge on any atom is 0.391 e. The van der Waals surface area contributed by atoms with Gasteiger partial charge in [0.15, 0.2) is 0 Å². The summed E-state index contributed by atoms with van der Waals surface area (Å²) in [6, 6.07) is 0. The zero-order valence-corrected chi connectivity index (χ0v) is 14.4. The lowest BCUT2D eigenvalue weighted by Crippen LogP contribution is -2.42. The van der Waals surface area contributed by atoms with Gasteiger partial charge in [-0.05, 0) is 50.4 Å². The Bertz CT molecular complexity index is 588. The Balaban J connectivity index is 1.54. The molecule has 4 nitrogen and oxygen atoms in total. The molecule has 1 spiro atoms. The molecule has 0 heterocycles. The maximum absolute atomic E-state index is 12.7. The minimum absolute atomic E-state index is 0.00814. The minimum atomic E-state index is -4.26. The molecule has 3 aliphatic rings. The molecule has 8 heteroatoms. The van der Waals surface area contributed by atoms with Gasteiger partial charge in [0.05, 0.1) is 11.2 Å². The van der Waals surface area contributed by atoms with Gasteiger partial charge in [0.25, 0.3) is 0 Å². The van der Waals surface area contributed by atoms with Gasteiger partial charge in [-0.25, -0.2) is 8.42 Å². The molecular formula is C16H24F3NO3S. The number of hydrogen-bond donors (Lipinski definition) is 1. The second kappa shape index (κ2) is 6.18. The standard InChI is InChI=1S/C16H24F3NO3S/c17-16(18,19)11-4-6-12(7-5-11)24(22,23)20-14(21)13-10-15(13)8-2-1-3-9-15/h11-13H,1-10H2,(H,20,21). The number of carbonyl (C=O) groups excluding carboxylic acids is 1. The first-order valence-corrected chi connectivity index (χ1v) is 10.3. The molecule has 0 aromatic rings. The molecule has 3 fully saturated rings. The molecule has 24 heavy (non-hydrogen) atoms. The van der Waals surface area contributed by atoms with Crippen molar-refractivity contribution in [2.75, 3.05) is 0 Å². The molecule has 0 aromatic heterocycles. The Hall–Kier alpha value is -0.790. The van der Waals surface area contributed by atoms with E-state index in [1.165, 1.54) is 0 Å². The lowest BCUT2D eigenvalue weighted by molar-refractivity contribution is -0.181. The zero-order chi connectivity index (χ0) is 17.6. The van der Waals surface area contributed by atoms with E-state index in [-0.39, 0.29) is 37.0 Å². The molecule has 3 aliphatic carbocycles. The van der Waals surface area contributed by atoms with Crippen molar-refractivity contribution in [2.24, 2.45) is 17.3 Å². The first-order valence-electron chi connectivity index (χ1n) is 8.76. The Morgan fingerprint density at radius 2 is 1.58 bits per heavy atom. The second-order valence-electron chi connectivity index (χ2n) is 7.71. The van der Waals surface area contributed by atoms with Crippen LogP contribution in [0, 0.1) is 17.3 Å². The predicted molar refractivity (Wildman–Crippen MR) is 82.5 cm³/mol. The van der Waals surface area contributed by atoms with Gasteiger partial charge in [-0.1, -0.05) is 19.3 Å². The molecule has 3 saturated carbocycles. The van der Waals surface area contributed by atoms with Gasteiger partial charge >= 0.3 is 6.18 Å². The van der Waals surface area contributed by atoms with Crippen LogP contribution in [0.1, 0.15) is 64.2 Å². The highest BCUT2D eigenvalue weighted by Gasteiger charge is 2.58. The summed E-state index contributed by atoms with van der Waals surface area (Å²) in [5.74, 6) is -2.11. The van der Waals surface area contributed by atoms with Crippen LogP contribution in [0.15, 0.2) is 0 Å². The summed E-state index contributed by atoms with van der Waals surface area (Å²) in [6.07, 6.45) is 1.31. The van der Waals surface area contributed by atoms with Crippen molar-refractivity contribution < 1.29 is 26.4 Å². The normalized spacial score (nSPS) is 33.2. The van der Waals surface area contributed by atoms with Crippen molar-refractivity contribution in [1.82, 2.24) is 4.72 Å². The van der Waals surface area contributed by atoms with E-state index in [4.69, 9.17) is 0 Å². The average molecular weight is 367 g/mol. The fourth-order valence-corrected chi connectivity index (χ4v) is 6.00. The molecule has 3 rings (SSSR count). The highest BCUT2D eigenvalue weighted by molar-refractivity contribution is 7.90. The summed E-state index contributed by atoms with van der Waals surface area (Å²) in [5.41, 5.74) is -0.00814. The average Bonchev–Trinajstić information content (AvgIpc) is 3.20. The monoisotopic (exact) mass is 367 g/mol. The van der Waals surface area contributed by atoms with Gasteiger partial charge in [0, 0.05) is 5.92 Å². The van der Waals surface area contributed by atoms with Crippen LogP contribution in [0.4, 0.5) is 13.2 Å². The quantitative estimate of drug-likeness (QED) is 0.830. The number of rotatable bonds is 3. The number of amides is 1. The van der Waals surface area contributed by atoms with Crippen molar-refractivity contribution in [3.05, 3.63) is 0 Å². The first kappa shape index (κ1) is 18.0. The molecular weight excluding hydrogens is 343 g/mol. The second-order valence-corrected chi connectivity index (χ2v) is 9.67. The van der Waals surface area contributed by atoms with Gasteiger partial charge in [-0.15, -0.1) is 0 Å². The van der Waals surface area contributed by atoms with Gasteiger partial charge in [-0.2, -0.15) is 13.2 Å². The number of alkyl halides is 3. The summed E-state index contributed by atoms with van der Waals surface area (Å²) in [6.45, 7) is 0. The van der Waals surface area contributed by atoms with Crippen LogP contribution in [0.3, 0.4) is 0 Å². The lowest BCUT2D eigenvalue weighted by Gasteiger charge is -2.29. The third-order valence-electron chi connectivity index (χ3n) is 6.17.